The highest BCUT2D eigenvalue weighted by atomic mass is 32.1. The van der Waals surface area contributed by atoms with Crippen molar-refractivity contribution in [2.45, 2.75) is 71.3 Å². The van der Waals surface area contributed by atoms with Crippen LogP contribution in [0, 0.1) is 5.41 Å². The molecule has 0 N–H and O–H groups in total. The van der Waals surface area contributed by atoms with Gasteiger partial charge in [0.05, 0.1) is 0 Å². The summed E-state index contributed by atoms with van der Waals surface area (Å²) >= 11 is 4.73. The van der Waals surface area contributed by atoms with Crippen LogP contribution in [0.1, 0.15) is 65.2 Å². The fourth-order valence-electron chi connectivity index (χ4n) is 4.56. The number of rotatable bonds is 8. The molecule has 0 bridgehead atoms. The van der Waals surface area contributed by atoms with Crippen molar-refractivity contribution >= 4 is 12.6 Å². The second-order valence-corrected chi connectivity index (χ2v) is 7.75. The van der Waals surface area contributed by atoms with Crippen molar-refractivity contribution < 1.29 is 0 Å². The van der Waals surface area contributed by atoms with Crippen molar-refractivity contribution in [3.63, 3.8) is 0 Å². The highest BCUT2D eigenvalue weighted by Crippen LogP contribution is 2.34. The molecule has 1 unspecified atom stereocenters. The summed E-state index contributed by atoms with van der Waals surface area (Å²) in [5.41, 5.74) is 0.462. The number of hydrogen-bond acceptors (Lipinski definition) is 3. The summed E-state index contributed by atoms with van der Waals surface area (Å²) in [6, 6.07) is 0.839. The largest absolute Gasteiger partial charge is 0.301 e. The Morgan fingerprint density at radius 2 is 1.67 bits per heavy atom. The van der Waals surface area contributed by atoms with Crippen molar-refractivity contribution in [2.75, 3.05) is 38.5 Å². The molecule has 0 amide bonds. The Bertz CT molecular complexity index is 283. The Balaban J connectivity index is 1.86. The average Bonchev–Trinajstić information content (AvgIpc) is 2.97. The normalized spacial score (nSPS) is 25.6. The van der Waals surface area contributed by atoms with Gasteiger partial charge in [-0.15, -0.1) is 0 Å². The first kappa shape index (κ1) is 17.6. The summed E-state index contributed by atoms with van der Waals surface area (Å²) in [4.78, 5) is 5.52. The summed E-state index contributed by atoms with van der Waals surface area (Å²) < 4.78 is 0. The molecule has 0 radical (unpaired) electrons. The van der Waals surface area contributed by atoms with Gasteiger partial charge in [0, 0.05) is 19.1 Å². The molecule has 3 heteroatoms. The van der Waals surface area contributed by atoms with Crippen molar-refractivity contribution in [2.24, 2.45) is 5.41 Å². The van der Waals surface area contributed by atoms with Gasteiger partial charge >= 0.3 is 0 Å². The van der Waals surface area contributed by atoms with Crippen molar-refractivity contribution in [3.8, 4) is 0 Å². The Kier molecular flexibility index (Phi) is 7.37. The van der Waals surface area contributed by atoms with E-state index in [9.17, 15) is 0 Å². The van der Waals surface area contributed by atoms with Gasteiger partial charge < -0.3 is 4.90 Å². The number of thiol groups is 1. The molecule has 0 aromatic rings. The van der Waals surface area contributed by atoms with Crippen LogP contribution in [-0.4, -0.2) is 54.3 Å². The molecule has 2 aliphatic heterocycles. The maximum Gasteiger partial charge on any atom is 0.0235 e. The molecule has 2 aliphatic rings. The highest BCUT2D eigenvalue weighted by Gasteiger charge is 2.34. The molecule has 2 heterocycles. The van der Waals surface area contributed by atoms with E-state index in [1.54, 1.807) is 0 Å². The molecular weight excluding hydrogens is 276 g/mol. The first-order valence-electron chi connectivity index (χ1n) is 9.30. The quantitative estimate of drug-likeness (QED) is 0.675. The van der Waals surface area contributed by atoms with E-state index in [0.29, 0.717) is 5.41 Å². The van der Waals surface area contributed by atoms with Crippen molar-refractivity contribution in [1.29, 1.82) is 0 Å². The maximum absolute atomic E-state index is 4.73. The summed E-state index contributed by atoms with van der Waals surface area (Å²) in [5, 5.41) is 0. The van der Waals surface area contributed by atoms with Gasteiger partial charge in [-0.1, -0.05) is 33.1 Å². The van der Waals surface area contributed by atoms with E-state index in [-0.39, 0.29) is 0 Å². The third kappa shape index (κ3) is 4.87. The Labute approximate surface area is 138 Å². The summed E-state index contributed by atoms with van der Waals surface area (Å²) in [7, 11) is 0. The topological polar surface area (TPSA) is 6.48 Å². The van der Waals surface area contributed by atoms with Gasteiger partial charge in [-0.3, -0.25) is 4.90 Å². The zero-order chi connectivity index (χ0) is 15.1. The zero-order valence-corrected chi connectivity index (χ0v) is 15.2. The average molecular weight is 313 g/mol. The van der Waals surface area contributed by atoms with Crippen LogP contribution in [0.2, 0.25) is 0 Å². The number of nitrogens with zero attached hydrogens (tertiary/aromatic N) is 2. The van der Waals surface area contributed by atoms with Gasteiger partial charge in [0.15, 0.2) is 0 Å². The molecule has 0 aromatic carbocycles. The fourth-order valence-corrected chi connectivity index (χ4v) is 4.98. The Morgan fingerprint density at radius 3 is 2.24 bits per heavy atom. The minimum absolute atomic E-state index is 0.462. The lowest BCUT2D eigenvalue weighted by molar-refractivity contribution is 0.137. The van der Waals surface area contributed by atoms with Crippen LogP contribution >= 0.6 is 12.6 Å². The Morgan fingerprint density at radius 1 is 1.00 bits per heavy atom. The standard InChI is InChI=1S/C18H36N2S/c1-3-9-18(16-21,10-4-2)15-19-13-8-17(14-19)20-11-6-5-7-12-20/h17,21H,3-16H2,1-2H3. The number of hydrogen-bond donors (Lipinski definition) is 1. The highest BCUT2D eigenvalue weighted by molar-refractivity contribution is 7.80. The summed E-state index contributed by atoms with van der Waals surface area (Å²) in [6.45, 7) is 11.2. The summed E-state index contributed by atoms with van der Waals surface area (Å²) in [6.07, 6.45) is 11.0. The van der Waals surface area contributed by atoms with Gasteiger partial charge in [0.1, 0.15) is 0 Å². The summed E-state index contributed by atoms with van der Waals surface area (Å²) in [5.74, 6) is 1.06. The maximum atomic E-state index is 4.73. The second-order valence-electron chi connectivity index (χ2n) is 7.43. The molecule has 124 valence electrons. The van der Waals surface area contributed by atoms with E-state index < -0.39 is 0 Å². The van der Waals surface area contributed by atoms with Crippen LogP contribution in [0.25, 0.3) is 0 Å². The minimum Gasteiger partial charge on any atom is -0.301 e. The van der Waals surface area contributed by atoms with Crippen molar-refractivity contribution in [3.05, 3.63) is 0 Å². The van der Waals surface area contributed by atoms with Gasteiger partial charge in [0.2, 0.25) is 0 Å². The molecule has 2 nitrogen and oxygen atoms in total. The van der Waals surface area contributed by atoms with E-state index in [2.05, 4.69) is 23.6 Å². The predicted molar refractivity (Wildman–Crippen MR) is 96.4 cm³/mol. The van der Waals surface area contributed by atoms with Crippen LogP contribution in [0.5, 0.6) is 0 Å². The van der Waals surface area contributed by atoms with Crippen LogP contribution in [-0.2, 0) is 0 Å². The molecule has 0 spiro atoms. The van der Waals surface area contributed by atoms with Crippen LogP contribution in [0.4, 0.5) is 0 Å². The first-order valence-corrected chi connectivity index (χ1v) is 9.93. The smallest absolute Gasteiger partial charge is 0.0235 e. The molecule has 2 fully saturated rings. The lowest BCUT2D eigenvalue weighted by Crippen LogP contribution is -2.43. The molecule has 21 heavy (non-hydrogen) atoms. The minimum atomic E-state index is 0.462. The fraction of sp³-hybridized carbons (Fsp3) is 1.00. The van der Waals surface area contributed by atoms with Crippen LogP contribution in [0.3, 0.4) is 0 Å². The molecule has 2 saturated heterocycles. The third-order valence-electron chi connectivity index (χ3n) is 5.61. The van der Waals surface area contributed by atoms with E-state index >= 15 is 0 Å². The SMILES string of the molecule is CCCC(CS)(CCC)CN1CCC(N2CCCCC2)C1. The number of likely N-dealkylation sites (tertiary alicyclic amines) is 2. The van der Waals surface area contributed by atoms with Gasteiger partial charge in [-0.2, -0.15) is 12.6 Å². The third-order valence-corrected chi connectivity index (χ3v) is 6.28. The molecular formula is C18H36N2S. The van der Waals surface area contributed by atoms with Crippen LogP contribution in [0.15, 0.2) is 0 Å². The first-order chi connectivity index (χ1) is 10.2. The van der Waals surface area contributed by atoms with E-state index in [1.807, 2.05) is 0 Å². The van der Waals surface area contributed by atoms with E-state index in [1.165, 1.54) is 84.1 Å². The zero-order valence-electron chi connectivity index (χ0n) is 14.3. The molecule has 0 aliphatic carbocycles. The van der Waals surface area contributed by atoms with E-state index in [4.69, 9.17) is 12.6 Å². The lowest BCUT2D eigenvalue weighted by atomic mass is 9.80. The molecule has 2 rings (SSSR count). The predicted octanol–water partition coefficient (Wildman–Crippen LogP) is 4.06. The van der Waals surface area contributed by atoms with Gasteiger partial charge in [-0.05, 0) is 62.9 Å². The monoisotopic (exact) mass is 312 g/mol. The second kappa shape index (κ2) is 8.79. The molecule has 0 aromatic heterocycles. The number of piperidine rings is 1. The van der Waals surface area contributed by atoms with Crippen LogP contribution < -0.4 is 0 Å². The molecule has 0 saturated carbocycles. The van der Waals surface area contributed by atoms with Gasteiger partial charge in [0.25, 0.3) is 0 Å². The lowest BCUT2D eigenvalue weighted by Gasteiger charge is -2.37. The van der Waals surface area contributed by atoms with E-state index in [0.717, 1.165) is 11.8 Å². The Hall–Kier alpha value is 0.270. The van der Waals surface area contributed by atoms with Gasteiger partial charge in [-0.25, -0.2) is 0 Å². The van der Waals surface area contributed by atoms with Crippen molar-refractivity contribution in [1.82, 2.24) is 9.80 Å². The molecule has 1 atom stereocenters.